The summed E-state index contributed by atoms with van der Waals surface area (Å²) in [6, 6.07) is 0. The quantitative estimate of drug-likeness (QED) is 0.596. The van der Waals surface area contributed by atoms with Gasteiger partial charge in [0.15, 0.2) is 0 Å². The molecule has 4 nitrogen and oxygen atoms in total. The van der Waals surface area contributed by atoms with E-state index in [1.807, 2.05) is 0 Å². The molecule has 0 saturated carbocycles. The Morgan fingerprint density at radius 3 is 2.57 bits per heavy atom. The van der Waals surface area contributed by atoms with Crippen LogP contribution in [0.5, 0.6) is 0 Å². The molecule has 0 aliphatic heterocycles. The number of rotatable bonds is 2. The number of carbonyl (C=O) groups excluding carboxylic acids is 1. The molecular formula is C7H7ClO4S2. The van der Waals surface area contributed by atoms with E-state index in [0.29, 0.717) is 5.56 Å². The lowest BCUT2D eigenvalue weighted by molar-refractivity contribution is 0.0602. The van der Waals surface area contributed by atoms with Gasteiger partial charge in [0.1, 0.15) is 9.77 Å². The summed E-state index contributed by atoms with van der Waals surface area (Å²) in [5.41, 5.74) is 0.449. The average molecular weight is 255 g/mol. The fraction of sp³-hybridized carbons (Fsp3) is 0.286. The maximum atomic E-state index is 11.2. The number of esters is 1. The van der Waals surface area contributed by atoms with Gasteiger partial charge >= 0.3 is 5.97 Å². The van der Waals surface area contributed by atoms with Crippen LogP contribution in [0.2, 0.25) is 0 Å². The van der Waals surface area contributed by atoms with Crippen LogP contribution in [0, 0.1) is 6.92 Å². The third-order valence-corrected chi connectivity index (χ3v) is 4.22. The first-order valence-electron chi connectivity index (χ1n) is 3.49. The van der Waals surface area contributed by atoms with Crippen molar-refractivity contribution in [3.8, 4) is 0 Å². The molecule has 0 saturated heterocycles. The minimum atomic E-state index is -3.89. The molecule has 1 aromatic heterocycles. The fourth-order valence-electron chi connectivity index (χ4n) is 0.970. The van der Waals surface area contributed by atoms with Crippen molar-refractivity contribution >= 4 is 37.0 Å². The van der Waals surface area contributed by atoms with E-state index in [1.165, 1.54) is 7.11 Å². The van der Waals surface area contributed by atoms with Gasteiger partial charge in [0, 0.05) is 10.7 Å². The van der Waals surface area contributed by atoms with Crippen LogP contribution in [0.3, 0.4) is 0 Å². The van der Waals surface area contributed by atoms with Crippen LogP contribution in [0.4, 0.5) is 0 Å². The van der Waals surface area contributed by atoms with Gasteiger partial charge < -0.3 is 4.74 Å². The first-order valence-corrected chi connectivity index (χ1v) is 6.68. The normalized spacial score (nSPS) is 11.4. The highest BCUT2D eigenvalue weighted by atomic mass is 35.7. The number of methoxy groups -OCH3 is 1. The minimum Gasteiger partial charge on any atom is -0.465 e. The number of hydrogen-bond donors (Lipinski definition) is 0. The largest absolute Gasteiger partial charge is 0.465 e. The van der Waals surface area contributed by atoms with E-state index in [-0.39, 0.29) is 9.77 Å². The van der Waals surface area contributed by atoms with Gasteiger partial charge in [-0.3, -0.25) is 0 Å². The van der Waals surface area contributed by atoms with Gasteiger partial charge in [-0.1, -0.05) is 0 Å². The molecule has 0 fully saturated rings. The van der Waals surface area contributed by atoms with E-state index >= 15 is 0 Å². The number of hydrogen-bond acceptors (Lipinski definition) is 5. The molecule has 1 rings (SSSR count). The maximum Gasteiger partial charge on any atom is 0.349 e. The Bertz CT molecular complexity index is 460. The molecular weight excluding hydrogens is 248 g/mol. The van der Waals surface area contributed by atoms with Crippen LogP contribution >= 0.6 is 22.0 Å². The van der Waals surface area contributed by atoms with Crippen LogP contribution in [0.15, 0.2) is 10.3 Å². The molecule has 0 spiro atoms. The van der Waals surface area contributed by atoms with E-state index < -0.39 is 15.0 Å². The molecule has 0 atom stereocenters. The lowest BCUT2D eigenvalue weighted by Crippen LogP contribution is -2.04. The highest BCUT2D eigenvalue weighted by Crippen LogP contribution is 2.29. The number of aryl methyl sites for hydroxylation is 1. The van der Waals surface area contributed by atoms with Crippen molar-refractivity contribution in [3.05, 3.63) is 15.8 Å². The lowest BCUT2D eigenvalue weighted by Gasteiger charge is -1.99. The van der Waals surface area contributed by atoms with Crippen molar-refractivity contribution in [2.75, 3.05) is 7.11 Å². The summed E-state index contributed by atoms with van der Waals surface area (Å²) >= 11 is 0.998. The Hall–Kier alpha value is -0.590. The summed E-state index contributed by atoms with van der Waals surface area (Å²) < 4.78 is 26.7. The monoisotopic (exact) mass is 254 g/mol. The summed E-state index contributed by atoms with van der Waals surface area (Å²) in [6.45, 7) is 1.57. The van der Waals surface area contributed by atoms with Crippen LogP contribution in [-0.4, -0.2) is 21.5 Å². The third-order valence-electron chi connectivity index (χ3n) is 1.53. The van der Waals surface area contributed by atoms with Crippen molar-refractivity contribution in [2.45, 2.75) is 11.8 Å². The van der Waals surface area contributed by atoms with Gasteiger partial charge in [-0.05, 0) is 17.9 Å². The zero-order valence-electron chi connectivity index (χ0n) is 7.40. The Morgan fingerprint density at radius 1 is 1.57 bits per heavy atom. The van der Waals surface area contributed by atoms with Crippen LogP contribution < -0.4 is 0 Å². The highest BCUT2D eigenvalue weighted by Gasteiger charge is 2.25. The van der Waals surface area contributed by atoms with Gasteiger partial charge in [0.25, 0.3) is 9.05 Å². The summed E-state index contributed by atoms with van der Waals surface area (Å²) in [6.07, 6.45) is 0. The Balaban J connectivity index is 3.42. The first-order chi connectivity index (χ1) is 6.38. The van der Waals surface area contributed by atoms with Crippen LogP contribution in [0.25, 0.3) is 0 Å². The second kappa shape index (κ2) is 3.88. The first kappa shape index (κ1) is 11.5. The molecule has 0 amide bonds. The SMILES string of the molecule is COC(=O)c1scc(C)c1S(=O)(=O)Cl. The molecule has 7 heteroatoms. The molecule has 0 bridgehead atoms. The van der Waals surface area contributed by atoms with Crippen molar-refractivity contribution in [1.82, 2.24) is 0 Å². The Labute approximate surface area is 89.9 Å². The predicted octanol–water partition coefficient (Wildman–Crippen LogP) is 1.77. The van der Waals surface area contributed by atoms with E-state index in [0.717, 1.165) is 11.3 Å². The summed E-state index contributed by atoms with van der Waals surface area (Å²) in [7, 11) is 2.47. The van der Waals surface area contributed by atoms with E-state index in [4.69, 9.17) is 10.7 Å². The van der Waals surface area contributed by atoms with Crippen molar-refractivity contribution in [1.29, 1.82) is 0 Å². The van der Waals surface area contributed by atoms with Crippen molar-refractivity contribution < 1.29 is 17.9 Å². The molecule has 0 unspecified atom stereocenters. The number of thiophene rings is 1. The van der Waals surface area contributed by atoms with E-state index in [1.54, 1.807) is 12.3 Å². The average Bonchev–Trinajstić information content (AvgIpc) is 2.44. The second-order valence-corrected chi connectivity index (χ2v) is 5.89. The van der Waals surface area contributed by atoms with Gasteiger partial charge in [-0.25, -0.2) is 13.2 Å². The van der Waals surface area contributed by atoms with Gasteiger partial charge in [0.05, 0.1) is 7.11 Å². The van der Waals surface area contributed by atoms with Gasteiger partial charge in [-0.15, -0.1) is 11.3 Å². The third kappa shape index (κ3) is 2.08. The highest BCUT2D eigenvalue weighted by molar-refractivity contribution is 8.14. The molecule has 0 radical (unpaired) electrons. The Morgan fingerprint density at radius 2 is 2.14 bits per heavy atom. The van der Waals surface area contributed by atoms with Gasteiger partial charge in [-0.2, -0.15) is 0 Å². The number of ether oxygens (including phenoxy) is 1. The molecule has 1 aromatic rings. The summed E-state index contributed by atoms with van der Waals surface area (Å²) in [4.78, 5) is 11.0. The Kier molecular flexibility index (Phi) is 3.18. The molecule has 0 aliphatic carbocycles. The standard InChI is InChI=1S/C7H7ClO4S2/c1-4-3-13-5(7(9)12-2)6(4)14(8,10)11/h3H,1-2H3. The summed E-state index contributed by atoms with van der Waals surface area (Å²) in [5.74, 6) is -0.692. The molecule has 0 aromatic carbocycles. The minimum absolute atomic E-state index is 0.0139. The zero-order valence-corrected chi connectivity index (χ0v) is 9.79. The van der Waals surface area contributed by atoms with Crippen LogP contribution in [0.1, 0.15) is 15.2 Å². The molecule has 78 valence electrons. The molecule has 0 aliphatic rings. The van der Waals surface area contributed by atoms with Crippen molar-refractivity contribution in [2.24, 2.45) is 0 Å². The second-order valence-electron chi connectivity index (χ2n) is 2.51. The predicted molar refractivity (Wildman–Crippen MR) is 53.4 cm³/mol. The van der Waals surface area contributed by atoms with E-state index in [2.05, 4.69) is 4.74 Å². The number of halogens is 1. The zero-order chi connectivity index (χ0) is 10.9. The number of carbonyl (C=O) groups is 1. The topological polar surface area (TPSA) is 60.4 Å². The van der Waals surface area contributed by atoms with Gasteiger partial charge in [0.2, 0.25) is 0 Å². The molecule has 1 heterocycles. The summed E-state index contributed by atoms with van der Waals surface area (Å²) in [5, 5.41) is 1.54. The smallest absolute Gasteiger partial charge is 0.349 e. The van der Waals surface area contributed by atoms with Crippen molar-refractivity contribution in [3.63, 3.8) is 0 Å². The lowest BCUT2D eigenvalue weighted by atomic mass is 10.3. The van der Waals surface area contributed by atoms with E-state index in [9.17, 15) is 13.2 Å². The fourth-order valence-corrected chi connectivity index (χ4v) is 3.86. The van der Waals surface area contributed by atoms with Crippen LogP contribution in [-0.2, 0) is 13.8 Å². The molecule has 14 heavy (non-hydrogen) atoms. The molecule has 0 N–H and O–H groups in total. The maximum absolute atomic E-state index is 11.2.